The number of carboxylic acid groups (broad SMARTS) is 1. The summed E-state index contributed by atoms with van der Waals surface area (Å²) in [5.74, 6) is -3.78. The summed E-state index contributed by atoms with van der Waals surface area (Å²) in [5.41, 5.74) is -1.06. The first-order valence-electron chi connectivity index (χ1n) is 5.20. The molecule has 0 saturated carbocycles. The molecule has 6 heteroatoms. The van der Waals surface area contributed by atoms with E-state index in [1.54, 1.807) is 0 Å². The second-order valence-corrected chi connectivity index (χ2v) is 4.54. The number of hydrogen-bond donors (Lipinski definition) is 2. The minimum atomic E-state index is -1.14. The van der Waals surface area contributed by atoms with Crippen LogP contribution in [0.15, 0.2) is 18.2 Å². The largest absolute Gasteiger partial charge is 0.481 e. The lowest BCUT2D eigenvalue weighted by Crippen LogP contribution is -2.32. The molecule has 0 aliphatic rings. The van der Waals surface area contributed by atoms with Crippen molar-refractivity contribution in [3.63, 3.8) is 0 Å². The highest BCUT2D eigenvalue weighted by Crippen LogP contribution is 2.23. The van der Waals surface area contributed by atoms with E-state index in [0.717, 1.165) is 12.1 Å². The van der Waals surface area contributed by atoms with Crippen LogP contribution >= 0.6 is 0 Å². The maximum atomic E-state index is 12.9. The zero-order valence-corrected chi connectivity index (χ0v) is 9.96. The standard InChI is InChI=1S/C12H13F2NO3/c1-12(2,6-10(16)17)11(18)15-7-3-4-8(13)9(14)5-7/h3-5H,6H2,1-2H3,(H,15,18)(H,16,17). The second-order valence-electron chi connectivity index (χ2n) is 4.54. The lowest BCUT2D eigenvalue weighted by atomic mass is 9.88. The maximum Gasteiger partial charge on any atom is 0.304 e. The van der Waals surface area contributed by atoms with Gasteiger partial charge in [0.1, 0.15) is 0 Å². The number of carboxylic acids is 1. The average molecular weight is 257 g/mol. The van der Waals surface area contributed by atoms with E-state index >= 15 is 0 Å². The van der Waals surface area contributed by atoms with Crippen LogP contribution in [-0.2, 0) is 9.59 Å². The highest BCUT2D eigenvalue weighted by Gasteiger charge is 2.30. The highest BCUT2D eigenvalue weighted by atomic mass is 19.2. The van der Waals surface area contributed by atoms with Gasteiger partial charge < -0.3 is 10.4 Å². The predicted octanol–water partition coefficient (Wildman–Crippen LogP) is 2.40. The molecule has 0 heterocycles. The number of aliphatic carboxylic acids is 1. The van der Waals surface area contributed by atoms with Crippen molar-refractivity contribution in [3.05, 3.63) is 29.8 Å². The molecule has 0 bridgehead atoms. The van der Waals surface area contributed by atoms with Crippen molar-refractivity contribution in [2.45, 2.75) is 20.3 Å². The molecule has 0 aromatic heterocycles. The van der Waals surface area contributed by atoms with E-state index in [0.29, 0.717) is 0 Å². The van der Waals surface area contributed by atoms with Crippen LogP contribution < -0.4 is 5.32 Å². The monoisotopic (exact) mass is 257 g/mol. The van der Waals surface area contributed by atoms with Gasteiger partial charge in [-0.3, -0.25) is 9.59 Å². The van der Waals surface area contributed by atoms with Gasteiger partial charge >= 0.3 is 5.97 Å². The number of anilines is 1. The Balaban J connectivity index is 2.81. The normalized spacial score (nSPS) is 11.1. The number of carbonyl (C=O) groups excluding carboxylic acids is 1. The molecule has 4 nitrogen and oxygen atoms in total. The number of benzene rings is 1. The van der Waals surface area contributed by atoms with Crippen LogP contribution in [0.5, 0.6) is 0 Å². The molecule has 1 aromatic rings. The Labute approximate surface area is 103 Å². The lowest BCUT2D eigenvalue weighted by molar-refractivity contribution is -0.142. The first kappa shape index (κ1) is 14.1. The molecule has 0 aliphatic carbocycles. The molecule has 0 atom stereocenters. The Bertz CT molecular complexity index is 486. The summed E-state index contributed by atoms with van der Waals surface area (Å²) in [5, 5.41) is 11.0. The molecule has 0 spiro atoms. The fourth-order valence-electron chi connectivity index (χ4n) is 1.33. The van der Waals surface area contributed by atoms with Crippen LogP contribution in [0.4, 0.5) is 14.5 Å². The van der Waals surface area contributed by atoms with Crippen LogP contribution in [0.25, 0.3) is 0 Å². The van der Waals surface area contributed by atoms with Gasteiger partial charge in [0.15, 0.2) is 11.6 Å². The van der Waals surface area contributed by atoms with Gasteiger partial charge in [0.2, 0.25) is 5.91 Å². The summed E-state index contributed by atoms with van der Waals surface area (Å²) in [6, 6.07) is 2.92. The van der Waals surface area contributed by atoms with E-state index in [4.69, 9.17) is 5.11 Å². The zero-order chi connectivity index (χ0) is 13.9. The van der Waals surface area contributed by atoms with Crippen molar-refractivity contribution in [2.75, 3.05) is 5.32 Å². The number of nitrogens with one attached hydrogen (secondary N) is 1. The lowest BCUT2D eigenvalue weighted by Gasteiger charge is -2.21. The molecule has 98 valence electrons. The number of amides is 1. The Morgan fingerprint density at radius 2 is 1.89 bits per heavy atom. The van der Waals surface area contributed by atoms with Gasteiger partial charge in [0.05, 0.1) is 11.8 Å². The molecule has 0 unspecified atom stereocenters. The number of halogens is 2. The van der Waals surface area contributed by atoms with Crippen molar-refractivity contribution in [1.29, 1.82) is 0 Å². The molecule has 1 amide bonds. The van der Waals surface area contributed by atoms with Gasteiger partial charge in [-0.2, -0.15) is 0 Å². The third-order valence-electron chi connectivity index (χ3n) is 2.39. The smallest absolute Gasteiger partial charge is 0.304 e. The Kier molecular flexibility index (Phi) is 4.00. The highest BCUT2D eigenvalue weighted by molar-refractivity contribution is 5.96. The molecule has 1 rings (SSSR count). The predicted molar refractivity (Wildman–Crippen MR) is 61.0 cm³/mol. The third-order valence-corrected chi connectivity index (χ3v) is 2.39. The van der Waals surface area contributed by atoms with Crippen LogP contribution in [0, 0.1) is 17.0 Å². The molecule has 1 aromatic carbocycles. The summed E-state index contributed by atoms with van der Waals surface area (Å²) in [6.07, 6.45) is -0.359. The van der Waals surface area contributed by atoms with Crippen LogP contribution in [0.1, 0.15) is 20.3 Å². The molecule has 0 fully saturated rings. The number of carbonyl (C=O) groups is 2. The average Bonchev–Trinajstić information content (AvgIpc) is 2.21. The molecular formula is C12H13F2NO3. The van der Waals surface area contributed by atoms with E-state index < -0.39 is 28.9 Å². The third kappa shape index (κ3) is 3.51. The van der Waals surface area contributed by atoms with Gasteiger partial charge in [-0.15, -0.1) is 0 Å². The summed E-state index contributed by atoms with van der Waals surface area (Å²) >= 11 is 0. The molecule has 2 N–H and O–H groups in total. The SMILES string of the molecule is CC(C)(CC(=O)O)C(=O)Nc1ccc(F)c(F)c1. The second kappa shape index (κ2) is 5.12. The maximum absolute atomic E-state index is 12.9. The van der Waals surface area contributed by atoms with Gasteiger partial charge in [0.25, 0.3) is 0 Å². The minimum absolute atomic E-state index is 0.0809. The number of rotatable bonds is 4. The Morgan fingerprint density at radius 1 is 1.28 bits per heavy atom. The topological polar surface area (TPSA) is 66.4 Å². The van der Waals surface area contributed by atoms with Gasteiger partial charge in [-0.25, -0.2) is 8.78 Å². The van der Waals surface area contributed by atoms with E-state index in [2.05, 4.69) is 5.32 Å². The quantitative estimate of drug-likeness (QED) is 0.870. The Morgan fingerprint density at radius 3 is 2.39 bits per heavy atom. The molecular weight excluding hydrogens is 244 g/mol. The molecule has 0 saturated heterocycles. The molecule has 0 radical (unpaired) electrons. The van der Waals surface area contributed by atoms with Gasteiger partial charge in [0, 0.05) is 11.8 Å². The fraction of sp³-hybridized carbons (Fsp3) is 0.333. The zero-order valence-electron chi connectivity index (χ0n) is 9.96. The van der Waals surface area contributed by atoms with E-state index in [1.807, 2.05) is 0 Å². The van der Waals surface area contributed by atoms with E-state index in [1.165, 1.54) is 19.9 Å². The van der Waals surface area contributed by atoms with E-state index in [-0.39, 0.29) is 12.1 Å². The van der Waals surface area contributed by atoms with Gasteiger partial charge in [-0.05, 0) is 12.1 Å². The summed E-state index contributed by atoms with van der Waals surface area (Å²) < 4.78 is 25.6. The molecule has 18 heavy (non-hydrogen) atoms. The first-order chi connectivity index (χ1) is 8.22. The minimum Gasteiger partial charge on any atom is -0.481 e. The van der Waals surface area contributed by atoms with Gasteiger partial charge in [-0.1, -0.05) is 13.8 Å². The first-order valence-corrected chi connectivity index (χ1v) is 5.20. The van der Waals surface area contributed by atoms with Crippen molar-refractivity contribution in [3.8, 4) is 0 Å². The van der Waals surface area contributed by atoms with Crippen molar-refractivity contribution >= 4 is 17.6 Å². The van der Waals surface area contributed by atoms with Crippen LogP contribution in [0.2, 0.25) is 0 Å². The fourth-order valence-corrected chi connectivity index (χ4v) is 1.33. The van der Waals surface area contributed by atoms with Crippen molar-refractivity contribution in [2.24, 2.45) is 5.41 Å². The number of hydrogen-bond acceptors (Lipinski definition) is 2. The Hall–Kier alpha value is -1.98. The summed E-state index contributed by atoms with van der Waals surface area (Å²) in [6.45, 7) is 2.91. The van der Waals surface area contributed by atoms with E-state index in [9.17, 15) is 18.4 Å². The summed E-state index contributed by atoms with van der Waals surface area (Å²) in [4.78, 5) is 22.4. The summed E-state index contributed by atoms with van der Waals surface area (Å²) in [7, 11) is 0. The molecule has 0 aliphatic heterocycles. The van der Waals surface area contributed by atoms with Crippen LogP contribution in [-0.4, -0.2) is 17.0 Å². The van der Waals surface area contributed by atoms with Crippen molar-refractivity contribution in [1.82, 2.24) is 0 Å². The van der Waals surface area contributed by atoms with Crippen LogP contribution in [0.3, 0.4) is 0 Å². The van der Waals surface area contributed by atoms with Crippen molar-refractivity contribution < 1.29 is 23.5 Å².